The molecule has 2 rings (SSSR count). The Labute approximate surface area is 179 Å². The van der Waals surface area contributed by atoms with Crippen molar-refractivity contribution in [2.75, 3.05) is 18.4 Å². The van der Waals surface area contributed by atoms with Gasteiger partial charge in [-0.1, -0.05) is 6.07 Å². The third kappa shape index (κ3) is 8.18. The number of pyridine rings is 1. The van der Waals surface area contributed by atoms with E-state index in [2.05, 4.69) is 10.3 Å². The molecule has 1 aliphatic rings. The second-order valence-corrected chi connectivity index (χ2v) is 9.72. The zero-order valence-corrected chi connectivity index (χ0v) is 18.9. The van der Waals surface area contributed by atoms with Crippen LogP contribution in [0, 0.1) is 5.92 Å². The fraction of sp³-hybridized carbons (Fsp3) is 0.682. The number of hydrogen-bond donors (Lipinski definition) is 2. The van der Waals surface area contributed by atoms with E-state index in [1.165, 1.54) is 0 Å². The summed E-state index contributed by atoms with van der Waals surface area (Å²) in [6.07, 6.45) is 0.336. The minimum atomic E-state index is -0.591. The maximum atomic E-state index is 12.2. The Morgan fingerprint density at radius 1 is 1.13 bits per heavy atom. The summed E-state index contributed by atoms with van der Waals surface area (Å²) in [5.41, 5.74) is -0.422. The van der Waals surface area contributed by atoms with Crippen molar-refractivity contribution in [1.29, 1.82) is 0 Å². The van der Waals surface area contributed by atoms with Gasteiger partial charge in [0.1, 0.15) is 17.0 Å². The van der Waals surface area contributed by atoms with Crippen LogP contribution in [0.1, 0.15) is 60.1 Å². The van der Waals surface area contributed by atoms with Crippen molar-refractivity contribution < 1.29 is 24.2 Å². The van der Waals surface area contributed by atoms with E-state index in [0.29, 0.717) is 43.9 Å². The number of piperidine rings is 1. The SMILES string of the molecule is CC(C)(C)OC(=O)Nc1cccc(CC(O)C2CCN(C(=O)OC(C)(C)C)CC2)n1. The quantitative estimate of drug-likeness (QED) is 0.763. The topological polar surface area (TPSA) is 101 Å². The number of aromatic nitrogens is 1. The highest BCUT2D eigenvalue weighted by molar-refractivity contribution is 5.83. The van der Waals surface area contributed by atoms with Crippen LogP contribution in [0.2, 0.25) is 0 Å². The highest BCUT2D eigenvalue weighted by Gasteiger charge is 2.30. The highest BCUT2D eigenvalue weighted by atomic mass is 16.6. The first-order valence-corrected chi connectivity index (χ1v) is 10.4. The summed E-state index contributed by atoms with van der Waals surface area (Å²) in [5, 5.41) is 13.3. The molecule has 8 heteroatoms. The van der Waals surface area contributed by atoms with Crippen LogP contribution < -0.4 is 5.32 Å². The van der Waals surface area contributed by atoms with Gasteiger partial charge in [0, 0.05) is 25.2 Å². The van der Waals surface area contributed by atoms with Crippen LogP contribution in [0.25, 0.3) is 0 Å². The van der Waals surface area contributed by atoms with Crippen molar-refractivity contribution in [2.24, 2.45) is 5.92 Å². The van der Waals surface area contributed by atoms with Gasteiger partial charge in [-0.15, -0.1) is 0 Å². The Morgan fingerprint density at radius 2 is 1.73 bits per heavy atom. The molecule has 2 N–H and O–H groups in total. The predicted molar refractivity (Wildman–Crippen MR) is 114 cm³/mol. The zero-order valence-electron chi connectivity index (χ0n) is 18.9. The van der Waals surface area contributed by atoms with Crippen LogP contribution in [0.5, 0.6) is 0 Å². The fourth-order valence-electron chi connectivity index (χ4n) is 3.25. The third-order valence-corrected chi connectivity index (χ3v) is 4.59. The molecule has 1 fully saturated rings. The van der Waals surface area contributed by atoms with Crippen molar-refractivity contribution in [1.82, 2.24) is 9.88 Å². The molecule has 1 saturated heterocycles. The summed E-state index contributed by atoms with van der Waals surface area (Å²) in [7, 11) is 0. The van der Waals surface area contributed by atoms with Gasteiger partial charge < -0.3 is 19.5 Å². The van der Waals surface area contributed by atoms with E-state index < -0.39 is 23.4 Å². The van der Waals surface area contributed by atoms with E-state index in [0.717, 1.165) is 0 Å². The van der Waals surface area contributed by atoms with E-state index in [9.17, 15) is 14.7 Å². The molecule has 1 unspecified atom stereocenters. The molecule has 1 aromatic heterocycles. The second-order valence-electron chi connectivity index (χ2n) is 9.72. The number of ether oxygens (including phenoxy) is 2. The van der Waals surface area contributed by atoms with Gasteiger partial charge in [-0.25, -0.2) is 14.6 Å². The molecule has 1 aliphatic heterocycles. The number of aliphatic hydroxyl groups excluding tert-OH is 1. The monoisotopic (exact) mass is 421 g/mol. The summed E-state index contributed by atoms with van der Waals surface area (Å²) in [4.78, 5) is 30.2. The summed E-state index contributed by atoms with van der Waals surface area (Å²) in [5.74, 6) is 0.460. The highest BCUT2D eigenvalue weighted by Crippen LogP contribution is 2.24. The molecule has 0 spiro atoms. The van der Waals surface area contributed by atoms with E-state index in [4.69, 9.17) is 9.47 Å². The van der Waals surface area contributed by atoms with Crippen LogP contribution in [0.4, 0.5) is 15.4 Å². The average molecular weight is 422 g/mol. The summed E-state index contributed by atoms with van der Waals surface area (Å²) < 4.78 is 10.6. The van der Waals surface area contributed by atoms with Crippen molar-refractivity contribution in [3.63, 3.8) is 0 Å². The number of anilines is 1. The van der Waals surface area contributed by atoms with Crippen molar-refractivity contribution in [3.8, 4) is 0 Å². The molecule has 0 radical (unpaired) electrons. The molecule has 1 atom stereocenters. The fourth-order valence-corrected chi connectivity index (χ4v) is 3.25. The van der Waals surface area contributed by atoms with Crippen LogP contribution in [0.3, 0.4) is 0 Å². The number of nitrogens with one attached hydrogen (secondary N) is 1. The van der Waals surface area contributed by atoms with Gasteiger partial charge in [0.15, 0.2) is 0 Å². The van der Waals surface area contributed by atoms with Crippen LogP contribution in [0.15, 0.2) is 18.2 Å². The number of carbonyl (C=O) groups is 2. The van der Waals surface area contributed by atoms with E-state index in [-0.39, 0.29) is 12.0 Å². The zero-order chi connectivity index (χ0) is 22.5. The largest absolute Gasteiger partial charge is 0.444 e. The van der Waals surface area contributed by atoms with Crippen LogP contribution in [-0.4, -0.2) is 57.6 Å². The number of carbonyl (C=O) groups excluding carboxylic acids is 2. The number of likely N-dealkylation sites (tertiary alicyclic amines) is 1. The van der Waals surface area contributed by atoms with E-state index >= 15 is 0 Å². The Balaban J connectivity index is 1.86. The number of nitrogens with zero attached hydrogens (tertiary/aromatic N) is 2. The lowest BCUT2D eigenvalue weighted by Crippen LogP contribution is -2.44. The molecular formula is C22H35N3O5. The smallest absolute Gasteiger partial charge is 0.413 e. The van der Waals surface area contributed by atoms with Gasteiger partial charge in [-0.2, -0.15) is 0 Å². The summed E-state index contributed by atoms with van der Waals surface area (Å²) >= 11 is 0. The molecule has 168 valence electrons. The van der Waals surface area contributed by atoms with Gasteiger partial charge in [0.25, 0.3) is 0 Å². The van der Waals surface area contributed by atoms with Crippen molar-refractivity contribution in [3.05, 3.63) is 23.9 Å². The first kappa shape index (κ1) is 23.9. The van der Waals surface area contributed by atoms with Gasteiger partial charge in [0.05, 0.1) is 6.10 Å². The van der Waals surface area contributed by atoms with Gasteiger partial charge in [-0.3, -0.25) is 5.32 Å². The molecule has 0 aliphatic carbocycles. The maximum Gasteiger partial charge on any atom is 0.413 e. The molecule has 8 nitrogen and oxygen atoms in total. The lowest BCUT2D eigenvalue weighted by atomic mass is 9.89. The lowest BCUT2D eigenvalue weighted by Gasteiger charge is -2.35. The number of hydrogen-bond acceptors (Lipinski definition) is 6. The lowest BCUT2D eigenvalue weighted by molar-refractivity contribution is 0.00787. The van der Waals surface area contributed by atoms with E-state index in [1.54, 1.807) is 37.8 Å². The van der Waals surface area contributed by atoms with Gasteiger partial charge >= 0.3 is 12.2 Å². The number of rotatable bonds is 4. The Hall–Kier alpha value is -2.35. The van der Waals surface area contributed by atoms with E-state index in [1.807, 2.05) is 26.8 Å². The molecule has 0 saturated carbocycles. The minimum Gasteiger partial charge on any atom is -0.444 e. The molecular weight excluding hydrogens is 386 g/mol. The molecule has 1 aromatic rings. The standard InChI is InChI=1S/C22H35N3O5/c1-21(2,3)29-19(27)24-18-9-7-8-16(23-18)14-17(26)15-10-12-25(13-11-15)20(28)30-22(4,5)6/h7-9,15,17,26H,10-14H2,1-6H3,(H,23,24,27). The second kappa shape index (κ2) is 9.64. The predicted octanol–water partition coefficient (Wildman–Crippen LogP) is 3.98. The minimum absolute atomic E-state index is 0.0768. The number of aliphatic hydroxyl groups is 1. The van der Waals surface area contributed by atoms with Crippen molar-refractivity contribution >= 4 is 18.0 Å². The molecule has 30 heavy (non-hydrogen) atoms. The maximum absolute atomic E-state index is 12.2. The Morgan fingerprint density at radius 3 is 2.30 bits per heavy atom. The van der Waals surface area contributed by atoms with Crippen molar-refractivity contribution in [2.45, 2.75) is 78.1 Å². The molecule has 2 heterocycles. The first-order chi connectivity index (χ1) is 13.8. The average Bonchev–Trinajstić information content (AvgIpc) is 2.59. The first-order valence-electron chi connectivity index (χ1n) is 10.4. The summed E-state index contributed by atoms with van der Waals surface area (Å²) in [6, 6.07) is 5.28. The van der Waals surface area contributed by atoms with Crippen LogP contribution >= 0.6 is 0 Å². The molecule has 0 aromatic carbocycles. The Bertz CT molecular complexity index is 731. The third-order valence-electron chi connectivity index (χ3n) is 4.59. The van der Waals surface area contributed by atoms with Gasteiger partial charge in [-0.05, 0) is 72.4 Å². The normalized spacial score (nSPS) is 16.7. The van der Waals surface area contributed by atoms with Crippen LogP contribution in [-0.2, 0) is 15.9 Å². The Kier molecular flexibility index (Phi) is 7.69. The molecule has 0 bridgehead atoms. The van der Waals surface area contributed by atoms with Gasteiger partial charge in [0.2, 0.25) is 0 Å². The number of amides is 2. The molecule has 2 amide bonds. The summed E-state index contributed by atoms with van der Waals surface area (Å²) in [6.45, 7) is 12.0.